The van der Waals surface area contributed by atoms with Crippen molar-refractivity contribution in [3.8, 4) is 0 Å². The molecule has 0 nitrogen and oxygen atoms in total. The molecule has 0 heterocycles. The summed E-state index contributed by atoms with van der Waals surface area (Å²) in [4.78, 5) is 0. The van der Waals surface area contributed by atoms with Crippen molar-refractivity contribution in [1.82, 2.24) is 0 Å². The van der Waals surface area contributed by atoms with E-state index in [2.05, 4.69) is 188 Å². The first-order chi connectivity index (χ1) is 21.4. The predicted octanol–water partition coefficient (Wildman–Crippen LogP) is 12.0. The van der Waals surface area contributed by atoms with Crippen LogP contribution < -0.4 is 0 Å². The van der Waals surface area contributed by atoms with Crippen LogP contribution in [0.4, 0.5) is 0 Å². The number of rotatable bonds is 2. The van der Waals surface area contributed by atoms with E-state index in [0.29, 0.717) is 0 Å². The van der Waals surface area contributed by atoms with Crippen LogP contribution in [0.1, 0.15) is 69.4 Å². The summed E-state index contributed by atoms with van der Waals surface area (Å²) in [5.41, 5.74) is 7.24. The zero-order valence-corrected chi connectivity index (χ0v) is 30.2. The van der Waals surface area contributed by atoms with Crippen LogP contribution in [0.5, 0.6) is 0 Å². The summed E-state index contributed by atoms with van der Waals surface area (Å²) in [6, 6.07) is 50.1. The van der Waals surface area contributed by atoms with Crippen molar-refractivity contribution in [2.45, 2.75) is 59.3 Å². The molecule has 0 bridgehead atoms. The average Bonchev–Trinajstić information content (AvgIpc) is 3.66. The van der Waals surface area contributed by atoms with E-state index in [1.807, 2.05) is 0 Å². The van der Waals surface area contributed by atoms with E-state index in [-0.39, 0.29) is 10.8 Å². The Hall–Kier alpha value is -3.67. The minimum atomic E-state index is 0.203. The monoisotopic (exact) mass is 662 g/mol. The summed E-state index contributed by atoms with van der Waals surface area (Å²) in [6.07, 6.45) is 0. The zero-order valence-electron chi connectivity index (χ0n) is 27.8. The fraction of sp³-hybridized carbons (Fsp3) is 0.205. The summed E-state index contributed by atoms with van der Waals surface area (Å²) in [7, 11) is 0. The first-order valence-corrected chi connectivity index (χ1v) is 17.1. The Bertz CT molecular complexity index is 1910. The van der Waals surface area contributed by atoms with Gasteiger partial charge in [0.25, 0.3) is 0 Å². The second-order valence-electron chi connectivity index (χ2n) is 14.0. The van der Waals surface area contributed by atoms with E-state index in [1.165, 1.54) is 87.6 Å². The second kappa shape index (κ2) is 13.8. The first-order valence-electron chi connectivity index (χ1n) is 15.9. The van der Waals surface area contributed by atoms with Crippen LogP contribution in [0.3, 0.4) is 0 Å². The molecule has 7 aromatic carbocycles. The van der Waals surface area contributed by atoms with E-state index in [9.17, 15) is 0 Å². The van der Waals surface area contributed by atoms with Crippen LogP contribution in [0, 0.1) is 6.92 Å². The SMILES string of the molecule is CC(C)(C)c1ccc2c(c1)[cH-]c1cc(C(C)(C)C)ccc12.Cc1cccc2[cH-]ccc12.[Zr+2]=[C](c1ccccc1)c1ccccc1. The summed E-state index contributed by atoms with van der Waals surface area (Å²) >= 11 is 1.46. The maximum atomic E-state index is 2.35. The Kier molecular flexibility index (Phi) is 10.0. The molecule has 224 valence electrons. The molecule has 0 saturated carbocycles. The molecular weight excluding hydrogens is 620 g/mol. The summed E-state index contributed by atoms with van der Waals surface area (Å²) in [5, 5.41) is 8.20. The van der Waals surface area contributed by atoms with Crippen LogP contribution in [0.2, 0.25) is 0 Å². The molecule has 0 aliphatic heterocycles. The molecule has 0 spiro atoms. The molecule has 0 N–H and O–H groups in total. The number of hydrogen-bond donors (Lipinski definition) is 0. The molecular formula is C44H44Zr. The summed E-state index contributed by atoms with van der Waals surface area (Å²) in [5.74, 6) is 0. The van der Waals surface area contributed by atoms with Crippen molar-refractivity contribution in [3.05, 3.63) is 167 Å². The molecule has 0 radical (unpaired) electrons. The molecule has 0 aliphatic carbocycles. The van der Waals surface area contributed by atoms with Crippen molar-refractivity contribution < 1.29 is 24.2 Å². The third kappa shape index (κ3) is 7.95. The van der Waals surface area contributed by atoms with Gasteiger partial charge in [0, 0.05) is 0 Å². The van der Waals surface area contributed by atoms with Crippen LogP contribution in [-0.2, 0) is 35.1 Å². The fourth-order valence-electron chi connectivity index (χ4n) is 5.66. The average molecular weight is 664 g/mol. The van der Waals surface area contributed by atoms with Gasteiger partial charge >= 0.3 is 99.2 Å². The standard InChI is InChI=1S/C21H25.C13H10.C10H9.Zr/c1-20(2,3)16-7-9-18-14(12-16)11-15-13-17(21(4,5)6)8-10-19(15)18;1-3-7-12(8-4-1)11-13-9-5-2-6-10-13;1-8-4-2-5-9-6-3-7-10(8)9;/h7-13H,1-6H3;1-10H;2-7H,1H3;/q-1;;-1;+2. The number of aryl methyl sites for hydroxylation is 1. The minimum absolute atomic E-state index is 0.203. The molecule has 7 rings (SSSR count). The number of benzene rings is 5. The predicted molar refractivity (Wildman–Crippen MR) is 195 cm³/mol. The topological polar surface area (TPSA) is 0 Å². The Morgan fingerprint density at radius 3 is 1.44 bits per heavy atom. The van der Waals surface area contributed by atoms with E-state index >= 15 is 0 Å². The van der Waals surface area contributed by atoms with E-state index < -0.39 is 0 Å². The van der Waals surface area contributed by atoms with Gasteiger partial charge in [-0.1, -0.05) is 88.6 Å². The zero-order chi connectivity index (χ0) is 32.2. The third-order valence-electron chi connectivity index (χ3n) is 8.46. The van der Waals surface area contributed by atoms with Crippen LogP contribution in [-0.4, -0.2) is 3.21 Å². The molecule has 0 saturated heterocycles. The Labute approximate surface area is 284 Å². The molecule has 0 aromatic heterocycles. The van der Waals surface area contributed by atoms with Gasteiger partial charge in [-0.25, -0.2) is 0 Å². The van der Waals surface area contributed by atoms with Crippen molar-refractivity contribution in [2.24, 2.45) is 0 Å². The van der Waals surface area contributed by atoms with E-state index in [0.717, 1.165) is 0 Å². The van der Waals surface area contributed by atoms with Gasteiger partial charge in [-0.2, -0.15) is 12.1 Å². The van der Waals surface area contributed by atoms with Gasteiger partial charge < -0.3 is 0 Å². The Morgan fingerprint density at radius 2 is 1.00 bits per heavy atom. The molecule has 0 amide bonds. The van der Waals surface area contributed by atoms with Gasteiger partial charge in [-0.15, -0.1) is 68.7 Å². The Morgan fingerprint density at radius 1 is 0.511 bits per heavy atom. The van der Waals surface area contributed by atoms with Gasteiger partial charge in [0.2, 0.25) is 0 Å². The van der Waals surface area contributed by atoms with Crippen molar-refractivity contribution >= 4 is 35.5 Å². The van der Waals surface area contributed by atoms with E-state index in [1.54, 1.807) is 0 Å². The molecule has 0 aliphatic rings. The van der Waals surface area contributed by atoms with Crippen LogP contribution >= 0.6 is 0 Å². The Balaban J connectivity index is 0.000000143. The summed E-state index contributed by atoms with van der Waals surface area (Å²) < 4.78 is 1.42. The maximum absolute atomic E-state index is 2.35. The first kappa shape index (κ1) is 32.7. The van der Waals surface area contributed by atoms with Gasteiger partial charge in [0.15, 0.2) is 0 Å². The molecule has 45 heavy (non-hydrogen) atoms. The molecule has 7 aromatic rings. The van der Waals surface area contributed by atoms with Gasteiger partial charge in [0.05, 0.1) is 0 Å². The normalized spacial score (nSPS) is 11.6. The number of fused-ring (bicyclic) bond motifs is 4. The second-order valence-corrected chi connectivity index (χ2v) is 15.2. The van der Waals surface area contributed by atoms with E-state index in [4.69, 9.17) is 0 Å². The third-order valence-corrected chi connectivity index (χ3v) is 9.88. The molecule has 0 unspecified atom stereocenters. The van der Waals surface area contributed by atoms with Gasteiger partial charge in [0.1, 0.15) is 0 Å². The number of hydrogen-bond acceptors (Lipinski definition) is 0. The van der Waals surface area contributed by atoms with Gasteiger partial charge in [-0.05, 0) is 17.8 Å². The molecule has 0 atom stereocenters. The quantitative estimate of drug-likeness (QED) is 0.162. The summed E-state index contributed by atoms with van der Waals surface area (Å²) in [6.45, 7) is 15.8. The molecule has 0 fully saturated rings. The van der Waals surface area contributed by atoms with Crippen molar-refractivity contribution in [1.29, 1.82) is 0 Å². The van der Waals surface area contributed by atoms with Crippen molar-refractivity contribution in [3.63, 3.8) is 0 Å². The van der Waals surface area contributed by atoms with Crippen molar-refractivity contribution in [2.75, 3.05) is 0 Å². The molecule has 1 heteroatoms. The van der Waals surface area contributed by atoms with Crippen LogP contribution in [0.15, 0.2) is 140 Å². The fourth-order valence-corrected chi connectivity index (χ4v) is 6.48. The van der Waals surface area contributed by atoms with Gasteiger partial charge in [-0.3, -0.25) is 0 Å². The van der Waals surface area contributed by atoms with Crippen LogP contribution in [0.25, 0.3) is 32.3 Å².